The minimum absolute atomic E-state index is 0.157. The summed E-state index contributed by atoms with van der Waals surface area (Å²) in [4.78, 5) is 0. The van der Waals surface area contributed by atoms with Gasteiger partial charge in [0, 0.05) is 0 Å². The van der Waals surface area contributed by atoms with Crippen molar-refractivity contribution >= 4 is 0 Å². The van der Waals surface area contributed by atoms with Gasteiger partial charge in [-0.15, -0.1) is 0 Å². The summed E-state index contributed by atoms with van der Waals surface area (Å²) in [5.41, 5.74) is 2.63. The maximum Gasteiger partial charge on any atom is 0.0568 e. The number of aryl methyl sites for hydroxylation is 2. The molecule has 0 spiro atoms. The first-order valence-electron chi connectivity index (χ1n) is 5.87. The molecule has 0 aliphatic heterocycles. The molecule has 0 aliphatic carbocycles. The van der Waals surface area contributed by atoms with Gasteiger partial charge in [0.2, 0.25) is 0 Å². The molecule has 1 nitrogen and oxygen atoms in total. The number of hydrogen-bond acceptors (Lipinski definition) is 1. The Hall–Kier alpha value is -0.820. The summed E-state index contributed by atoms with van der Waals surface area (Å²) < 4.78 is 0. The summed E-state index contributed by atoms with van der Waals surface area (Å²) in [6, 6.07) is 8.52. The summed E-state index contributed by atoms with van der Waals surface area (Å²) in [5, 5.41) is 9.85. The Balaban J connectivity index is 2.43. The zero-order valence-electron chi connectivity index (χ0n) is 10.0. The summed E-state index contributed by atoms with van der Waals surface area (Å²) in [5.74, 6) is 0.412. The average molecular weight is 206 g/mol. The molecule has 0 amide bonds. The molecule has 0 saturated carbocycles. The molecule has 1 rings (SSSR count). The lowest BCUT2D eigenvalue weighted by atomic mass is 9.95. The van der Waals surface area contributed by atoms with Crippen LogP contribution in [0.1, 0.15) is 37.8 Å². The van der Waals surface area contributed by atoms with Gasteiger partial charge < -0.3 is 5.11 Å². The highest BCUT2D eigenvalue weighted by Gasteiger charge is 2.11. The molecular weight excluding hydrogens is 184 g/mol. The molecule has 1 aromatic rings. The molecular formula is C14H22O. The van der Waals surface area contributed by atoms with Crippen molar-refractivity contribution in [3.8, 4) is 0 Å². The fourth-order valence-corrected chi connectivity index (χ4v) is 1.74. The van der Waals surface area contributed by atoms with Gasteiger partial charge in [0.15, 0.2) is 0 Å². The largest absolute Gasteiger partial charge is 0.393 e. The van der Waals surface area contributed by atoms with Crippen LogP contribution in [0.5, 0.6) is 0 Å². The second-order valence-electron chi connectivity index (χ2n) is 4.48. The van der Waals surface area contributed by atoms with Crippen molar-refractivity contribution in [1.82, 2.24) is 0 Å². The molecule has 1 aromatic carbocycles. The van der Waals surface area contributed by atoms with Gasteiger partial charge >= 0.3 is 0 Å². The van der Waals surface area contributed by atoms with Gasteiger partial charge in [0.1, 0.15) is 0 Å². The lowest BCUT2D eigenvalue weighted by Gasteiger charge is -2.16. The van der Waals surface area contributed by atoms with Crippen LogP contribution in [-0.2, 0) is 6.42 Å². The van der Waals surface area contributed by atoms with E-state index >= 15 is 0 Å². The van der Waals surface area contributed by atoms with Crippen LogP contribution in [0.4, 0.5) is 0 Å². The van der Waals surface area contributed by atoms with Crippen LogP contribution in [-0.4, -0.2) is 11.2 Å². The van der Waals surface area contributed by atoms with Gasteiger partial charge in [-0.05, 0) is 31.2 Å². The van der Waals surface area contributed by atoms with E-state index in [1.807, 2.05) is 0 Å². The van der Waals surface area contributed by atoms with E-state index in [1.54, 1.807) is 0 Å². The zero-order chi connectivity index (χ0) is 11.3. The van der Waals surface area contributed by atoms with E-state index in [9.17, 15) is 5.11 Å². The first-order valence-corrected chi connectivity index (χ1v) is 5.87. The van der Waals surface area contributed by atoms with Crippen LogP contribution in [0.3, 0.4) is 0 Å². The highest BCUT2D eigenvalue weighted by molar-refractivity contribution is 5.22. The van der Waals surface area contributed by atoms with E-state index in [1.165, 1.54) is 11.1 Å². The van der Waals surface area contributed by atoms with Crippen LogP contribution in [0.25, 0.3) is 0 Å². The number of aliphatic hydroxyl groups excluding tert-OH is 1. The monoisotopic (exact) mass is 206 g/mol. The van der Waals surface area contributed by atoms with Gasteiger partial charge in [-0.3, -0.25) is 0 Å². The molecule has 2 atom stereocenters. The second-order valence-corrected chi connectivity index (χ2v) is 4.48. The minimum atomic E-state index is -0.157. The smallest absolute Gasteiger partial charge is 0.0568 e. The molecule has 15 heavy (non-hydrogen) atoms. The highest BCUT2D eigenvalue weighted by Crippen LogP contribution is 2.14. The predicted octanol–water partition coefficient (Wildman–Crippen LogP) is 3.33. The van der Waals surface area contributed by atoms with Crippen molar-refractivity contribution < 1.29 is 5.11 Å². The quantitative estimate of drug-likeness (QED) is 0.783. The molecule has 0 saturated heterocycles. The Labute approximate surface area is 93.1 Å². The lowest BCUT2D eigenvalue weighted by molar-refractivity contribution is 0.106. The van der Waals surface area contributed by atoms with Crippen LogP contribution >= 0.6 is 0 Å². The zero-order valence-corrected chi connectivity index (χ0v) is 10.0. The van der Waals surface area contributed by atoms with Gasteiger partial charge in [0.25, 0.3) is 0 Å². The highest BCUT2D eigenvalue weighted by atomic mass is 16.3. The van der Waals surface area contributed by atoms with E-state index in [4.69, 9.17) is 0 Å². The first kappa shape index (κ1) is 12.3. The molecule has 0 heterocycles. The molecule has 84 valence electrons. The average Bonchev–Trinajstić information content (AvgIpc) is 2.25. The van der Waals surface area contributed by atoms with E-state index in [0.29, 0.717) is 5.92 Å². The summed E-state index contributed by atoms with van der Waals surface area (Å²) >= 11 is 0. The van der Waals surface area contributed by atoms with Crippen LogP contribution in [0.2, 0.25) is 0 Å². The molecule has 2 unspecified atom stereocenters. The van der Waals surface area contributed by atoms with Crippen LogP contribution in [0, 0.1) is 12.8 Å². The number of rotatable bonds is 5. The van der Waals surface area contributed by atoms with Crippen molar-refractivity contribution in [1.29, 1.82) is 0 Å². The summed E-state index contributed by atoms with van der Waals surface area (Å²) in [7, 11) is 0. The topological polar surface area (TPSA) is 20.2 Å². The SMILES string of the molecule is CCC(C)C(O)CCc1cccc(C)c1. The van der Waals surface area contributed by atoms with Crippen molar-refractivity contribution in [2.75, 3.05) is 0 Å². The molecule has 1 N–H and O–H groups in total. The predicted molar refractivity (Wildman–Crippen MR) is 65.0 cm³/mol. The van der Waals surface area contributed by atoms with Crippen molar-refractivity contribution in [3.05, 3.63) is 35.4 Å². The fourth-order valence-electron chi connectivity index (χ4n) is 1.74. The summed E-state index contributed by atoms with van der Waals surface area (Å²) in [6.07, 6.45) is 2.75. The maximum atomic E-state index is 9.85. The van der Waals surface area contributed by atoms with Gasteiger partial charge in [0.05, 0.1) is 6.10 Å². The van der Waals surface area contributed by atoms with Gasteiger partial charge in [-0.2, -0.15) is 0 Å². The number of benzene rings is 1. The Morgan fingerprint density at radius 2 is 2.07 bits per heavy atom. The van der Waals surface area contributed by atoms with E-state index in [0.717, 1.165) is 19.3 Å². The van der Waals surface area contributed by atoms with Crippen LogP contribution < -0.4 is 0 Å². The second kappa shape index (κ2) is 5.92. The third-order valence-electron chi connectivity index (χ3n) is 3.11. The first-order chi connectivity index (χ1) is 7.13. The Kier molecular flexibility index (Phi) is 4.83. The lowest BCUT2D eigenvalue weighted by Crippen LogP contribution is -2.17. The van der Waals surface area contributed by atoms with E-state index in [-0.39, 0.29) is 6.10 Å². The van der Waals surface area contributed by atoms with Crippen molar-refractivity contribution in [2.24, 2.45) is 5.92 Å². The Morgan fingerprint density at radius 3 is 2.67 bits per heavy atom. The number of aliphatic hydroxyl groups is 1. The molecule has 0 radical (unpaired) electrons. The third kappa shape index (κ3) is 4.05. The van der Waals surface area contributed by atoms with Gasteiger partial charge in [-0.25, -0.2) is 0 Å². The van der Waals surface area contributed by atoms with Crippen molar-refractivity contribution in [3.63, 3.8) is 0 Å². The van der Waals surface area contributed by atoms with Gasteiger partial charge in [-0.1, -0.05) is 50.1 Å². The minimum Gasteiger partial charge on any atom is -0.393 e. The molecule has 0 bridgehead atoms. The van der Waals surface area contributed by atoms with E-state index in [2.05, 4.69) is 45.0 Å². The maximum absolute atomic E-state index is 9.85. The van der Waals surface area contributed by atoms with E-state index < -0.39 is 0 Å². The molecule has 1 heteroatoms. The van der Waals surface area contributed by atoms with Crippen LogP contribution in [0.15, 0.2) is 24.3 Å². The molecule has 0 fully saturated rings. The number of hydrogen-bond donors (Lipinski definition) is 1. The third-order valence-corrected chi connectivity index (χ3v) is 3.11. The Bertz CT molecular complexity index is 293. The Morgan fingerprint density at radius 1 is 1.33 bits per heavy atom. The molecule has 0 aromatic heterocycles. The molecule has 0 aliphatic rings. The fraction of sp³-hybridized carbons (Fsp3) is 0.571. The standard InChI is InChI=1S/C14H22O/c1-4-12(3)14(15)9-8-13-7-5-6-11(2)10-13/h5-7,10,12,14-15H,4,8-9H2,1-3H3. The normalized spacial score (nSPS) is 14.9. The summed E-state index contributed by atoms with van der Waals surface area (Å²) in [6.45, 7) is 6.34. The van der Waals surface area contributed by atoms with Crippen molar-refractivity contribution in [2.45, 2.75) is 46.1 Å².